The first-order valence-corrected chi connectivity index (χ1v) is 6.61. The fourth-order valence-electron chi connectivity index (χ4n) is 0.761. The zero-order valence-electron chi connectivity index (χ0n) is 9.43. The number of rotatable bonds is 5. The van der Waals surface area contributed by atoms with Gasteiger partial charge >= 0.3 is 12.0 Å². The third-order valence-electron chi connectivity index (χ3n) is 1.85. The van der Waals surface area contributed by atoms with Crippen LogP contribution in [0.3, 0.4) is 0 Å². The monoisotopic (exact) mass is 252 g/mol. The van der Waals surface area contributed by atoms with Gasteiger partial charge in [-0.3, -0.25) is 4.79 Å². The molecule has 0 heterocycles. The normalized spacial score (nSPS) is 12.9. The molecule has 8 heteroatoms. The van der Waals surface area contributed by atoms with E-state index in [4.69, 9.17) is 5.11 Å². The smallest absolute Gasteiger partial charge is 0.325 e. The van der Waals surface area contributed by atoms with Crippen LogP contribution in [-0.2, 0) is 14.6 Å². The minimum atomic E-state index is -3.14. The number of carbonyl (C=O) groups excluding carboxylic acids is 1. The van der Waals surface area contributed by atoms with Crippen LogP contribution in [0.1, 0.15) is 6.92 Å². The number of urea groups is 1. The van der Waals surface area contributed by atoms with E-state index in [1.807, 2.05) is 0 Å². The molecular weight excluding hydrogens is 236 g/mol. The standard InChI is InChI=1S/C8H16N2O5S/c1-6(7(11)12)9-8(13)10(2)4-5-16(3,14)15/h6H,4-5H2,1-3H3,(H,9,13)(H,11,12)/t6-/m1/s1. The van der Waals surface area contributed by atoms with Crippen molar-refractivity contribution < 1.29 is 23.1 Å². The zero-order valence-corrected chi connectivity index (χ0v) is 10.2. The number of carboxylic acids is 1. The summed E-state index contributed by atoms with van der Waals surface area (Å²) in [6.07, 6.45) is 1.07. The summed E-state index contributed by atoms with van der Waals surface area (Å²) in [7, 11) is -1.74. The SMILES string of the molecule is C[C@@H](NC(=O)N(C)CCS(C)(=O)=O)C(=O)O. The molecule has 0 spiro atoms. The highest BCUT2D eigenvalue weighted by molar-refractivity contribution is 7.90. The summed E-state index contributed by atoms with van der Waals surface area (Å²) in [6, 6.07) is -1.62. The largest absolute Gasteiger partial charge is 0.480 e. The van der Waals surface area contributed by atoms with Crippen LogP contribution in [0.2, 0.25) is 0 Å². The molecule has 0 saturated carbocycles. The summed E-state index contributed by atoms with van der Waals surface area (Å²) in [4.78, 5) is 22.9. The first-order valence-electron chi connectivity index (χ1n) is 4.55. The minimum Gasteiger partial charge on any atom is -0.480 e. The van der Waals surface area contributed by atoms with Gasteiger partial charge in [0.1, 0.15) is 15.9 Å². The Bertz CT molecular complexity index is 365. The molecule has 0 radical (unpaired) electrons. The average molecular weight is 252 g/mol. The summed E-state index contributed by atoms with van der Waals surface area (Å²) >= 11 is 0. The number of hydrogen-bond acceptors (Lipinski definition) is 4. The van der Waals surface area contributed by atoms with Crippen molar-refractivity contribution in [2.45, 2.75) is 13.0 Å². The van der Waals surface area contributed by atoms with Crippen molar-refractivity contribution in [3.63, 3.8) is 0 Å². The molecule has 0 aliphatic carbocycles. The van der Waals surface area contributed by atoms with Crippen LogP contribution in [0.15, 0.2) is 0 Å². The predicted octanol–water partition coefficient (Wildman–Crippen LogP) is -0.854. The quantitative estimate of drug-likeness (QED) is 0.663. The van der Waals surface area contributed by atoms with E-state index in [0.29, 0.717) is 0 Å². The number of carboxylic acid groups (broad SMARTS) is 1. The second kappa shape index (κ2) is 5.69. The highest BCUT2D eigenvalue weighted by Gasteiger charge is 2.17. The predicted molar refractivity (Wildman–Crippen MR) is 58.0 cm³/mol. The summed E-state index contributed by atoms with van der Waals surface area (Å²) in [5.41, 5.74) is 0. The van der Waals surface area contributed by atoms with Gasteiger partial charge in [0.05, 0.1) is 5.75 Å². The molecule has 2 amide bonds. The van der Waals surface area contributed by atoms with Gasteiger partial charge in [-0.1, -0.05) is 0 Å². The number of nitrogens with zero attached hydrogens (tertiary/aromatic N) is 1. The highest BCUT2D eigenvalue weighted by atomic mass is 32.2. The summed E-state index contributed by atoms with van der Waals surface area (Å²) in [5, 5.41) is 10.8. The van der Waals surface area contributed by atoms with Crippen LogP contribution in [0.4, 0.5) is 4.79 Å². The molecule has 0 aromatic rings. The van der Waals surface area contributed by atoms with Crippen molar-refractivity contribution >= 4 is 21.8 Å². The topological polar surface area (TPSA) is 104 Å². The lowest BCUT2D eigenvalue weighted by Crippen LogP contribution is -2.46. The Balaban J connectivity index is 4.15. The molecule has 1 atom stereocenters. The molecular formula is C8H16N2O5S. The van der Waals surface area contributed by atoms with E-state index in [2.05, 4.69) is 5.32 Å². The maximum absolute atomic E-state index is 11.3. The van der Waals surface area contributed by atoms with Gasteiger partial charge in [-0.05, 0) is 6.92 Å². The van der Waals surface area contributed by atoms with Crippen molar-refractivity contribution in [2.24, 2.45) is 0 Å². The Morgan fingerprint density at radius 2 is 1.94 bits per heavy atom. The average Bonchev–Trinajstić information content (AvgIpc) is 2.12. The third kappa shape index (κ3) is 6.23. The maximum atomic E-state index is 11.3. The van der Waals surface area contributed by atoms with Crippen LogP contribution in [0, 0.1) is 0 Å². The van der Waals surface area contributed by atoms with E-state index in [1.165, 1.54) is 14.0 Å². The van der Waals surface area contributed by atoms with E-state index in [1.54, 1.807) is 0 Å². The van der Waals surface area contributed by atoms with Crippen LogP contribution in [0.25, 0.3) is 0 Å². The maximum Gasteiger partial charge on any atom is 0.325 e. The van der Waals surface area contributed by atoms with Gasteiger partial charge in [0.25, 0.3) is 0 Å². The van der Waals surface area contributed by atoms with Crippen molar-refractivity contribution in [1.82, 2.24) is 10.2 Å². The Labute approximate surface area is 94.3 Å². The fourth-order valence-corrected chi connectivity index (χ4v) is 1.37. The molecule has 0 aliphatic rings. The molecule has 0 aromatic carbocycles. The zero-order chi connectivity index (χ0) is 12.9. The fraction of sp³-hybridized carbons (Fsp3) is 0.750. The van der Waals surface area contributed by atoms with Gasteiger partial charge < -0.3 is 15.3 Å². The van der Waals surface area contributed by atoms with Crippen LogP contribution >= 0.6 is 0 Å². The van der Waals surface area contributed by atoms with Crippen molar-refractivity contribution in [1.29, 1.82) is 0 Å². The molecule has 0 fully saturated rings. The third-order valence-corrected chi connectivity index (χ3v) is 2.78. The summed E-state index contributed by atoms with van der Waals surface area (Å²) < 4.78 is 21.7. The lowest BCUT2D eigenvalue weighted by atomic mass is 10.3. The molecule has 7 nitrogen and oxygen atoms in total. The molecule has 0 unspecified atom stereocenters. The molecule has 0 bridgehead atoms. The van der Waals surface area contributed by atoms with Gasteiger partial charge in [0.15, 0.2) is 0 Å². The number of hydrogen-bond donors (Lipinski definition) is 2. The Morgan fingerprint density at radius 3 is 2.31 bits per heavy atom. The van der Waals surface area contributed by atoms with Gasteiger partial charge in [-0.2, -0.15) is 0 Å². The Hall–Kier alpha value is -1.31. The van der Waals surface area contributed by atoms with Crippen molar-refractivity contribution in [3.8, 4) is 0 Å². The second-order valence-electron chi connectivity index (χ2n) is 3.56. The molecule has 0 aromatic heterocycles. The first kappa shape index (κ1) is 14.7. The lowest BCUT2D eigenvalue weighted by Gasteiger charge is -2.19. The number of aliphatic carboxylic acids is 1. The van der Waals surface area contributed by atoms with Crippen molar-refractivity contribution in [2.75, 3.05) is 25.6 Å². The molecule has 16 heavy (non-hydrogen) atoms. The number of nitrogens with one attached hydrogen (secondary N) is 1. The Morgan fingerprint density at radius 1 is 1.44 bits per heavy atom. The number of amides is 2. The van der Waals surface area contributed by atoms with E-state index in [-0.39, 0.29) is 12.3 Å². The van der Waals surface area contributed by atoms with Gasteiger partial charge in [0.2, 0.25) is 0 Å². The van der Waals surface area contributed by atoms with Crippen LogP contribution < -0.4 is 5.32 Å². The number of sulfone groups is 1. The van der Waals surface area contributed by atoms with Crippen LogP contribution in [-0.4, -0.2) is 62.1 Å². The number of carbonyl (C=O) groups is 2. The summed E-state index contributed by atoms with van der Waals surface area (Å²) in [6.45, 7) is 1.35. The van der Waals surface area contributed by atoms with Crippen LogP contribution in [0.5, 0.6) is 0 Å². The lowest BCUT2D eigenvalue weighted by molar-refractivity contribution is -0.138. The van der Waals surface area contributed by atoms with E-state index in [9.17, 15) is 18.0 Å². The van der Waals surface area contributed by atoms with Gasteiger partial charge in [-0.25, -0.2) is 13.2 Å². The molecule has 0 saturated heterocycles. The van der Waals surface area contributed by atoms with E-state index in [0.717, 1.165) is 11.2 Å². The Kier molecular flexibility index (Phi) is 5.22. The van der Waals surface area contributed by atoms with E-state index >= 15 is 0 Å². The molecule has 94 valence electrons. The van der Waals surface area contributed by atoms with Gasteiger partial charge in [0, 0.05) is 19.8 Å². The first-order chi connectivity index (χ1) is 7.13. The highest BCUT2D eigenvalue weighted by Crippen LogP contribution is 1.91. The molecule has 2 N–H and O–H groups in total. The minimum absolute atomic E-state index is 0.0248. The van der Waals surface area contributed by atoms with Gasteiger partial charge in [-0.15, -0.1) is 0 Å². The van der Waals surface area contributed by atoms with Crippen molar-refractivity contribution in [3.05, 3.63) is 0 Å². The molecule has 0 aliphatic heterocycles. The molecule has 0 rings (SSSR count). The van der Waals surface area contributed by atoms with E-state index < -0.39 is 27.9 Å². The summed E-state index contributed by atoms with van der Waals surface area (Å²) in [5.74, 6) is -1.30. The second-order valence-corrected chi connectivity index (χ2v) is 5.82.